The highest BCUT2D eigenvalue weighted by atomic mass is 16.6. The van der Waals surface area contributed by atoms with Crippen molar-refractivity contribution >= 4 is 5.91 Å². The molecule has 2 atom stereocenters. The summed E-state index contributed by atoms with van der Waals surface area (Å²) in [6.07, 6.45) is 2.27. The lowest BCUT2D eigenvalue weighted by atomic mass is 10.2. The van der Waals surface area contributed by atoms with Crippen molar-refractivity contribution in [3.05, 3.63) is 0 Å². The maximum atomic E-state index is 10.8. The number of epoxide rings is 1. The molecule has 3 heteroatoms. The normalized spacial score (nSPS) is 40.7. The molecule has 2 rings (SSSR count). The van der Waals surface area contributed by atoms with Gasteiger partial charge in [0.05, 0.1) is 6.10 Å². The lowest BCUT2D eigenvalue weighted by Gasteiger charge is -1.96. The van der Waals surface area contributed by atoms with Crippen molar-refractivity contribution in [2.75, 3.05) is 6.54 Å². The number of hydrogen-bond acceptors (Lipinski definition) is 2. The largest absolute Gasteiger partial charge is 0.359 e. The molecule has 0 aromatic heterocycles. The fraction of sp³-hybridized carbons (Fsp3) is 0.833. The molecule has 2 aliphatic rings. The molecule has 0 saturated carbocycles. The third-order valence-corrected chi connectivity index (χ3v) is 1.81. The molecule has 1 amide bonds. The highest BCUT2D eigenvalue weighted by Gasteiger charge is 2.45. The average Bonchev–Trinajstić information content (AvgIpc) is 2.55. The molecule has 50 valence electrons. The van der Waals surface area contributed by atoms with Gasteiger partial charge in [0.2, 0.25) is 0 Å². The van der Waals surface area contributed by atoms with Crippen LogP contribution in [0.1, 0.15) is 12.8 Å². The third-order valence-electron chi connectivity index (χ3n) is 1.81. The first-order chi connectivity index (χ1) is 4.38. The van der Waals surface area contributed by atoms with Gasteiger partial charge in [0.25, 0.3) is 5.91 Å². The summed E-state index contributed by atoms with van der Waals surface area (Å²) in [5.41, 5.74) is 0. The molecule has 2 aliphatic heterocycles. The number of rotatable bonds is 0. The summed E-state index contributed by atoms with van der Waals surface area (Å²) in [7, 11) is 0. The van der Waals surface area contributed by atoms with Crippen LogP contribution in [-0.4, -0.2) is 24.7 Å². The van der Waals surface area contributed by atoms with E-state index in [4.69, 9.17) is 4.74 Å². The fourth-order valence-electron chi connectivity index (χ4n) is 1.21. The number of fused-ring (bicyclic) bond motifs is 1. The van der Waals surface area contributed by atoms with Gasteiger partial charge in [-0.1, -0.05) is 0 Å². The van der Waals surface area contributed by atoms with Crippen molar-refractivity contribution in [2.24, 2.45) is 0 Å². The number of hydrogen-bond donors (Lipinski definition) is 1. The van der Waals surface area contributed by atoms with Gasteiger partial charge in [0.1, 0.15) is 0 Å². The zero-order valence-corrected chi connectivity index (χ0v) is 5.09. The lowest BCUT2D eigenvalue weighted by Crippen LogP contribution is -2.27. The quantitative estimate of drug-likeness (QED) is 0.452. The van der Waals surface area contributed by atoms with E-state index in [1.807, 2.05) is 0 Å². The van der Waals surface area contributed by atoms with Crippen molar-refractivity contribution in [3.63, 3.8) is 0 Å². The second-order valence-corrected chi connectivity index (χ2v) is 2.53. The van der Waals surface area contributed by atoms with E-state index in [0.717, 1.165) is 19.4 Å². The van der Waals surface area contributed by atoms with Gasteiger partial charge < -0.3 is 10.1 Å². The van der Waals surface area contributed by atoms with E-state index < -0.39 is 0 Å². The highest BCUT2D eigenvalue weighted by molar-refractivity contribution is 5.83. The summed E-state index contributed by atoms with van der Waals surface area (Å²) in [6.45, 7) is 0.829. The molecule has 9 heavy (non-hydrogen) atoms. The van der Waals surface area contributed by atoms with Gasteiger partial charge in [0.15, 0.2) is 6.10 Å². The van der Waals surface area contributed by atoms with Crippen molar-refractivity contribution in [1.82, 2.24) is 5.32 Å². The van der Waals surface area contributed by atoms with Crippen LogP contribution in [0.15, 0.2) is 0 Å². The Balaban J connectivity index is 2.03. The predicted octanol–water partition coefficient (Wildman–Crippen LogP) is -0.336. The van der Waals surface area contributed by atoms with E-state index in [1.165, 1.54) is 0 Å². The number of ether oxygens (including phenoxy) is 1. The molecular formula is C6H9NO2. The van der Waals surface area contributed by atoms with Crippen LogP contribution < -0.4 is 5.32 Å². The van der Waals surface area contributed by atoms with Crippen LogP contribution >= 0.6 is 0 Å². The van der Waals surface area contributed by atoms with Crippen molar-refractivity contribution < 1.29 is 9.53 Å². The Morgan fingerprint density at radius 3 is 3.44 bits per heavy atom. The summed E-state index contributed by atoms with van der Waals surface area (Å²) >= 11 is 0. The SMILES string of the molecule is O=C1NCCC[C@@H]2O[C@H]12. The van der Waals surface area contributed by atoms with Gasteiger partial charge in [-0.25, -0.2) is 0 Å². The Morgan fingerprint density at radius 2 is 2.56 bits per heavy atom. The first-order valence-electron chi connectivity index (χ1n) is 3.31. The zero-order valence-electron chi connectivity index (χ0n) is 5.09. The maximum absolute atomic E-state index is 10.8. The monoisotopic (exact) mass is 127 g/mol. The van der Waals surface area contributed by atoms with Gasteiger partial charge in [-0.15, -0.1) is 0 Å². The number of carbonyl (C=O) groups excluding carboxylic acids is 1. The minimum atomic E-state index is -0.0903. The van der Waals surface area contributed by atoms with Crippen LogP contribution in [0.3, 0.4) is 0 Å². The Hall–Kier alpha value is -0.570. The average molecular weight is 127 g/mol. The molecule has 0 aromatic carbocycles. The van der Waals surface area contributed by atoms with Crippen molar-refractivity contribution in [1.29, 1.82) is 0 Å². The van der Waals surface area contributed by atoms with E-state index in [0.29, 0.717) is 0 Å². The molecule has 0 radical (unpaired) electrons. The number of carbonyl (C=O) groups is 1. The Labute approximate surface area is 53.4 Å². The van der Waals surface area contributed by atoms with Gasteiger partial charge in [-0.05, 0) is 12.8 Å². The Kier molecular flexibility index (Phi) is 0.990. The van der Waals surface area contributed by atoms with Crippen LogP contribution in [0.4, 0.5) is 0 Å². The predicted molar refractivity (Wildman–Crippen MR) is 30.9 cm³/mol. The van der Waals surface area contributed by atoms with E-state index >= 15 is 0 Å². The summed E-state index contributed by atoms with van der Waals surface area (Å²) in [5, 5.41) is 2.77. The van der Waals surface area contributed by atoms with Gasteiger partial charge in [-0.2, -0.15) is 0 Å². The van der Waals surface area contributed by atoms with Gasteiger partial charge in [0, 0.05) is 6.54 Å². The van der Waals surface area contributed by atoms with E-state index in [2.05, 4.69) is 5.32 Å². The topological polar surface area (TPSA) is 41.6 Å². The standard InChI is InChI=1S/C6H9NO2/c8-6-5-4(9-5)2-1-3-7-6/h4-5H,1-3H2,(H,7,8)/t4-,5-/m0/s1. The minimum absolute atomic E-state index is 0.0810. The van der Waals surface area contributed by atoms with Crippen LogP contribution in [0, 0.1) is 0 Å². The number of amides is 1. The van der Waals surface area contributed by atoms with Crippen LogP contribution in [0.25, 0.3) is 0 Å². The highest BCUT2D eigenvalue weighted by Crippen LogP contribution is 2.27. The molecule has 0 aromatic rings. The molecule has 1 N–H and O–H groups in total. The van der Waals surface area contributed by atoms with Gasteiger partial charge >= 0.3 is 0 Å². The molecule has 0 bridgehead atoms. The first-order valence-corrected chi connectivity index (χ1v) is 3.31. The molecule has 0 aliphatic carbocycles. The fourth-order valence-corrected chi connectivity index (χ4v) is 1.21. The van der Waals surface area contributed by atoms with Gasteiger partial charge in [-0.3, -0.25) is 4.79 Å². The maximum Gasteiger partial charge on any atom is 0.251 e. The molecule has 2 heterocycles. The Morgan fingerprint density at radius 1 is 1.67 bits per heavy atom. The lowest BCUT2D eigenvalue weighted by molar-refractivity contribution is -0.122. The zero-order chi connectivity index (χ0) is 6.27. The minimum Gasteiger partial charge on any atom is -0.359 e. The van der Waals surface area contributed by atoms with Crippen molar-refractivity contribution in [3.8, 4) is 0 Å². The molecular weight excluding hydrogens is 118 g/mol. The molecule has 2 fully saturated rings. The van der Waals surface area contributed by atoms with E-state index in [9.17, 15) is 4.79 Å². The first kappa shape index (κ1) is 5.23. The molecule has 0 spiro atoms. The Bertz CT molecular complexity index is 146. The second-order valence-electron chi connectivity index (χ2n) is 2.53. The smallest absolute Gasteiger partial charge is 0.251 e. The van der Waals surface area contributed by atoms with E-state index in [1.54, 1.807) is 0 Å². The second kappa shape index (κ2) is 1.70. The van der Waals surface area contributed by atoms with Crippen LogP contribution in [0.2, 0.25) is 0 Å². The molecule has 2 saturated heterocycles. The van der Waals surface area contributed by atoms with E-state index in [-0.39, 0.29) is 18.1 Å². The van der Waals surface area contributed by atoms with Crippen molar-refractivity contribution in [2.45, 2.75) is 25.0 Å². The molecule has 3 nitrogen and oxygen atoms in total. The molecule has 0 unspecified atom stereocenters. The van der Waals surface area contributed by atoms with Crippen LogP contribution in [0.5, 0.6) is 0 Å². The summed E-state index contributed by atoms with van der Waals surface area (Å²) in [5.74, 6) is 0.0810. The van der Waals surface area contributed by atoms with Crippen LogP contribution in [-0.2, 0) is 9.53 Å². The summed E-state index contributed by atoms with van der Waals surface area (Å²) < 4.78 is 5.06. The summed E-state index contributed by atoms with van der Waals surface area (Å²) in [4.78, 5) is 10.8. The third kappa shape index (κ3) is 0.812. The number of nitrogens with one attached hydrogen (secondary N) is 1. The summed E-state index contributed by atoms with van der Waals surface area (Å²) in [6, 6.07) is 0.